The fourth-order valence-corrected chi connectivity index (χ4v) is 4.82. The smallest absolute Gasteiger partial charge is 0.156 e. The van der Waals surface area contributed by atoms with Crippen LogP contribution in [-0.4, -0.2) is 47.5 Å². The summed E-state index contributed by atoms with van der Waals surface area (Å²) in [5.74, 6) is 0.461. The van der Waals surface area contributed by atoms with Crippen LogP contribution in [0.15, 0.2) is 12.1 Å². The Kier molecular flexibility index (Phi) is 6.42. The highest BCUT2D eigenvalue weighted by molar-refractivity contribution is 6.44. The van der Waals surface area contributed by atoms with E-state index in [2.05, 4.69) is 6.92 Å². The third-order valence-electron chi connectivity index (χ3n) is 6.05. The normalized spacial score (nSPS) is 21.4. The van der Waals surface area contributed by atoms with Gasteiger partial charge in [-0.3, -0.25) is 4.79 Å². The van der Waals surface area contributed by atoms with Crippen molar-refractivity contribution >= 4 is 34.6 Å². The zero-order chi connectivity index (χ0) is 20.5. The number of ether oxygens (including phenoxy) is 1. The summed E-state index contributed by atoms with van der Waals surface area (Å²) < 4.78 is 5.77. The Labute approximate surface area is 174 Å². The largest absolute Gasteiger partial charge is 0.491 e. The Morgan fingerprint density at radius 3 is 2.46 bits per heavy atom. The Hall–Kier alpha value is -1.11. The van der Waals surface area contributed by atoms with Gasteiger partial charge in [0.05, 0.1) is 30.3 Å². The van der Waals surface area contributed by atoms with Crippen LogP contribution in [0.1, 0.15) is 43.7 Å². The quantitative estimate of drug-likeness (QED) is 0.590. The molecule has 0 bridgehead atoms. The summed E-state index contributed by atoms with van der Waals surface area (Å²) in [6.45, 7) is 0.750. The van der Waals surface area contributed by atoms with Crippen molar-refractivity contribution in [3.05, 3.63) is 33.3 Å². The predicted octanol–water partition coefficient (Wildman–Crippen LogP) is 3.42. The molecule has 1 atom stereocenters. The van der Waals surface area contributed by atoms with Crippen molar-refractivity contribution in [3.63, 3.8) is 0 Å². The standard InChI is InChI=1S/C21H26Cl2O5/c1-2-4-21-5-3-14(27)7-15(21)17-13(8-21)6-16(18(22)19(17)23)28-12-20(9-24,10-25)11-26/h6-7,24-26H,2-5,8-12H2,1H3. The number of halogens is 2. The zero-order valence-electron chi connectivity index (χ0n) is 15.9. The van der Waals surface area contributed by atoms with Gasteiger partial charge in [0.15, 0.2) is 5.78 Å². The fraction of sp³-hybridized carbons (Fsp3) is 0.571. The number of aliphatic hydroxyl groups excluding tert-OH is 3. The summed E-state index contributed by atoms with van der Waals surface area (Å²) in [7, 11) is 0. The van der Waals surface area contributed by atoms with Crippen molar-refractivity contribution in [2.75, 3.05) is 26.4 Å². The molecule has 0 saturated heterocycles. The Balaban J connectivity index is 1.99. The van der Waals surface area contributed by atoms with Crippen molar-refractivity contribution in [3.8, 4) is 5.75 Å². The van der Waals surface area contributed by atoms with Gasteiger partial charge in [-0.2, -0.15) is 0 Å². The van der Waals surface area contributed by atoms with E-state index in [4.69, 9.17) is 27.9 Å². The summed E-state index contributed by atoms with van der Waals surface area (Å²) in [5, 5.41) is 29.1. The number of rotatable bonds is 8. The summed E-state index contributed by atoms with van der Waals surface area (Å²) in [5.41, 5.74) is 1.54. The molecule has 0 spiro atoms. The summed E-state index contributed by atoms with van der Waals surface area (Å²) in [6.07, 6.45) is 5.80. The number of ketones is 1. The van der Waals surface area contributed by atoms with E-state index in [0.717, 1.165) is 42.4 Å². The number of benzene rings is 1. The van der Waals surface area contributed by atoms with Crippen molar-refractivity contribution in [2.24, 2.45) is 10.8 Å². The number of hydrogen-bond donors (Lipinski definition) is 3. The molecule has 1 aromatic carbocycles. The molecule has 2 aliphatic carbocycles. The van der Waals surface area contributed by atoms with Crippen molar-refractivity contribution in [1.82, 2.24) is 0 Å². The summed E-state index contributed by atoms with van der Waals surface area (Å²) in [6, 6.07) is 1.83. The maximum Gasteiger partial charge on any atom is 0.156 e. The topological polar surface area (TPSA) is 87.0 Å². The van der Waals surface area contributed by atoms with E-state index in [9.17, 15) is 20.1 Å². The predicted molar refractivity (Wildman–Crippen MR) is 109 cm³/mol. The summed E-state index contributed by atoms with van der Waals surface area (Å²) >= 11 is 13.1. The molecule has 0 fully saturated rings. The first-order chi connectivity index (χ1) is 13.3. The first kappa shape index (κ1) is 21.6. The third-order valence-corrected chi connectivity index (χ3v) is 6.90. The van der Waals surface area contributed by atoms with Crippen LogP contribution in [-0.2, 0) is 11.2 Å². The molecule has 154 valence electrons. The second-order valence-electron chi connectivity index (χ2n) is 8.03. The van der Waals surface area contributed by atoms with Gasteiger partial charge in [-0.15, -0.1) is 0 Å². The molecule has 0 aliphatic heterocycles. The van der Waals surface area contributed by atoms with Crippen molar-refractivity contribution in [2.45, 2.75) is 39.0 Å². The molecule has 0 aromatic heterocycles. The highest BCUT2D eigenvalue weighted by Crippen LogP contribution is 2.58. The van der Waals surface area contributed by atoms with E-state index in [0.29, 0.717) is 17.2 Å². The zero-order valence-corrected chi connectivity index (χ0v) is 17.4. The second kappa shape index (κ2) is 8.33. The van der Waals surface area contributed by atoms with Gasteiger partial charge in [0.25, 0.3) is 0 Å². The molecule has 0 saturated carbocycles. The molecule has 0 amide bonds. The Morgan fingerprint density at radius 1 is 1.18 bits per heavy atom. The maximum absolute atomic E-state index is 12.1. The maximum atomic E-state index is 12.1. The minimum absolute atomic E-state index is 0.0956. The van der Waals surface area contributed by atoms with Gasteiger partial charge in [-0.25, -0.2) is 0 Å². The second-order valence-corrected chi connectivity index (χ2v) is 8.79. The number of allylic oxidation sites excluding steroid dienone is 2. The number of fused-ring (bicyclic) bond motifs is 3. The molecule has 1 aromatic rings. The Bertz CT molecular complexity index is 792. The van der Waals surface area contributed by atoms with E-state index in [1.54, 1.807) is 6.08 Å². The first-order valence-corrected chi connectivity index (χ1v) is 10.3. The highest BCUT2D eigenvalue weighted by Gasteiger charge is 2.45. The molecular formula is C21H26Cl2O5. The van der Waals surface area contributed by atoms with Crippen LogP contribution in [0.5, 0.6) is 5.75 Å². The van der Waals surface area contributed by atoms with Crippen LogP contribution in [0.4, 0.5) is 0 Å². The first-order valence-electron chi connectivity index (χ1n) is 9.57. The van der Waals surface area contributed by atoms with E-state index in [1.807, 2.05) is 6.07 Å². The minimum Gasteiger partial charge on any atom is -0.491 e. The average Bonchev–Trinajstić information content (AvgIpc) is 3.00. The number of hydrogen-bond acceptors (Lipinski definition) is 5. The van der Waals surface area contributed by atoms with Gasteiger partial charge < -0.3 is 20.1 Å². The van der Waals surface area contributed by atoms with Gasteiger partial charge in [-0.05, 0) is 42.5 Å². The molecule has 2 aliphatic rings. The number of aliphatic hydroxyl groups is 3. The number of carbonyl (C=O) groups is 1. The molecule has 3 rings (SSSR count). The van der Waals surface area contributed by atoms with Crippen LogP contribution < -0.4 is 4.74 Å². The monoisotopic (exact) mass is 428 g/mol. The average molecular weight is 429 g/mol. The van der Waals surface area contributed by atoms with E-state index >= 15 is 0 Å². The van der Waals surface area contributed by atoms with E-state index < -0.39 is 25.2 Å². The van der Waals surface area contributed by atoms with Crippen LogP contribution >= 0.6 is 23.2 Å². The lowest BCUT2D eigenvalue weighted by molar-refractivity contribution is -0.115. The van der Waals surface area contributed by atoms with Crippen LogP contribution in [0.2, 0.25) is 10.0 Å². The molecule has 0 heterocycles. The van der Waals surface area contributed by atoms with Gasteiger partial charge >= 0.3 is 0 Å². The van der Waals surface area contributed by atoms with Crippen LogP contribution in [0.25, 0.3) is 5.57 Å². The van der Waals surface area contributed by atoms with E-state index in [-0.39, 0.29) is 22.8 Å². The van der Waals surface area contributed by atoms with Gasteiger partial charge in [0.2, 0.25) is 0 Å². The lowest BCUT2D eigenvalue weighted by atomic mass is 9.70. The number of carbonyl (C=O) groups excluding carboxylic acids is 1. The van der Waals surface area contributed by atoms with E-state index in [1.165, 1.54) is 0 Å². The summed E-state index contributed by atoms with van der Waals surface area (Å²) in [4.78, 5) is 12.1. The van der Waals surface area contributed by atoms with Crippen LogP contribution in [0, 0.1) is 10.8 Å². The van der Waals surface area contributed by atoms with Gasteiger partial charge in [-0.1, -0.05) is 36.5 Å². The lowest BCUT2D eigenvalue weighted by Gasteiger charge is -2.33. The molecule has 3 N–H and O–H groups in total. The Morgan fingerprint density at radius 2 is 1.86 bits per heavy atom. The third kappa shape index (κ3) is 3.59. The van der Waals surface area contributed by atoms with Crippen molar-refractivity contribution < 1.29 is 24.9 Å². The van der Waals surface area contributed by atoms with Gasteiger partial charge in [0, 0.05) is 17.4 Å². The molecular weight excluding hydrogens is 403 g/mol. The fourth-order valence-electron chi connectivity index (χ4n) is 4.30. The molecule has 1 unspecified atom stereocenters. The van der Waals surface area contributed by atoms with Crippen LogP contribution in [0.3, 0.4) is 0 Å². The molecule has 28 heavy (non-hydrogen) atoms. The SMILES string of the molecule is CCCC12CCC(=O)C=C1c1c(cc(OCC(CO)(CO)CO)c(Cl)c1Cl)C2. The minimum atomic E-state index is -1.17. The highest BCUT2D eigenvalue weighted by atomic mass is 35.5. The molecule has 0 radical (unpaired) electrons. The lowest BCUT2D eigenvalue weighted by Crippen LogP contribution is -2.39. The van der Waals surface area contributed by atoms with Gasteiger partial charge in [0.1, 0.15) is 17.4 Å². The molecule has 5 nitrogen and oxygen atoms in total. The van der Waals surface area contributed by atoms with Crippen molar-refractivity contribution in [1.29, 1.82) is 0 Å². The molecule has 7 heteroatoms.